The first-order valence-electron chi connectivity index (χ1n) is 8.49. The number of aromatic nitrogens is 1. The van der Waals surface area contributed by atoms with Crippen molar-refractivity contribution >= 4 is 22.4 Å². The van der Waals surface area contributed by atoms with Crippen LogP contribution in [0.4, 0.5) is 5.13 Å². The maximum atomic E-state index is 13.0. The van der Waals surface area contributed by atoms with Crippen molar-refractivity contribution in [2.45, 2.75) is 34.1 Å². The lowest BCUT2D eigenvalue weighted by Gasteiger charge is -2.22. The third-order valence-corrected chi connectivity index (χ3v) is 6.02. The summed E-state index contributed by atoms with van der Waals surface area (Å²) < 4.78 is 0. The number of allylic oxidation sites excluding steroid dienone is 2. The molecule has 3 rings (SSSR count). The molecule has 1 aromatic rings. The van der Waals surface area contributed by atoms with Crippen LogP contribution >= 0.6 is 11.3 Å². The van der Waals surface area contributed by atoms with E-state index >= 15 is 0 Å². The summed E-state index contributed by atoms with van der Waals surface area (Å²) in [5.41, 5.74) is 1.42. The van der Waals surface area contributed by atoms with E-state index in [2.05, 4.69) is 48.6 Å². The molecule has 4 nitrogen and oxygen atoms in total. The summed E-state index contributed by atoms with van der Waals surface area (Å²) >= 11 is 1.68. The van der Waals surface area contributed by atoms with Crippen molar-refractivity contribution in [3.05, 3.63) is 23.2 Å². The van der Waals surface area contributed by atoms with Gasteiger partial charge in [-0.15, -0.1) is 11.3 Å². The molecule has 0 N–H and O–H groups in total. The minimum absolute atomic E-state index is 0.107. The van der Waals surface area contributed by atoms with Gasteiger partial charge in [-0.25, -0.2) is 4.98 Å². The van der Waals surface area contributed by atoms with Crippen LogP contribution in [-0.4, -0.2) is 42.0 Å². The Kier molecular flexibility index (Phi) is 4.50. The summed E-state index contributed by atoms with van der Waals surface area (Å²) in [6.45, 7) is 12.2. The smallest absolute Gasteiger partial charge is 0.226 e. The molecule has 0 bridgehead atoms. The molecular weight excluding hydrogens is 306 g/mol. The fourth-order valence-corrected chi connectivity index (χ4v) is 4.41. The van der Waals surface area contributed by atoms with Gasteiger partial charge < -0.3 is 9.80 Å². The van der Waals surface area contributed by atoms with E-state index in [9.17, 15) is 4.79 Å². The van der Waals surface area contributed by atoms with Crippen LogP contribution in [0.1, 0.15) is 34.1 Å². The number of amides is 1. The average Bonchev–Trinajstić information content (AvgIpc) is 2.81. The summed E-state index contributed by atoms with van der Waals surface area (Å²) in [5, 5.41) is 3.09. The van der Waals surface area contributed by atoms with Gasteiger partial charge >= 0.3 is 0 Å². The van der Waals surface area contributed by atoms with Gasteiger partial charge in [0.15, 0.2) is 5.13 Å². The van der Waals surface area contributed by atoms with Crippen molar-refractivity contribution in [2.75, 3.05) is 31.1 Å². The van der Waals surface area contributed by atoms with E-state index in [1.807, 2.05) is 11.6 Å². The second kappa shape index (κ2) is 6.27. The summed E-state index contributed by atoms with van der Waals surface area (Å²) in [7, 11) is 0. The fourth-order valence-electron chi connectivity index (χ4n) is 3.72. The Balaban J connectivity index is 1.64. The van der Waals surface area contributed by atoms with E-state index in [-0.39, 0.29) is 11.3 Å². The topological polar surface area (TPSA) is 36.4 Å². The second-order valence-corrected chi connectivity index (χ2v) is 8.42. The maximum Gasteiger partial charge on any atom is 0.226 e. The number of thiazole rings is 1. The van der Waals surface area contributed by atoms with E-state index in [1.165, 1.54) is 5.57 Å². The van der Waals surface area contributed by atoms with E-state index in [0.717, 1.165) is 37.7 Å². The molecule has 0 spiro atoms. The standard InChI is InChI=1S/C18H27N3OS/c1-13(2)12-14-15(18(14,3)4)16(22)20-7-5-8-21(10-9-20)17-19-6-11-23-17/h6,11-12,14-15H,5,7-10H2,1-4H3. The van der Waals surface area contributed by atoms with Crippen LogP contribution < -0.4 is 4.90 Å². The lowest BCUT2D eigenvalue weighted by molar-refractivity contribution is -0.133. The second-order valence-electron chi connectivity index (χ2n) is 7.55. The molecule has 0 radical (unpaired) electrons. The van der Waals surface area contributed by atoms with Crippen LogP contribution in [0.3, 0.4) is 0 Å². The van der Waals surface area contributed by atoms with Gasteiger partial charge in [0.05, 0.1) is 5.92 Å². The molecule has 2 aliphatic rings. The summed E-state index contributed by atoms with van der Waals surface area (Å²) in [4.78, 5) is 21.8. The number of carbonyl (C=O) groups excluding carboxylic acids is 1. The molecule has 1 amide bonds. The Morgan fingerprint density at radius 3 is 2.74 bits per heavy atom. The highest BCUT2D eigenvalue weighted by molar-refractivity contribution is 7.13. The van der Waals surface area contributed by atoms with Crippen molar-refractivity contribution in [3.8, 4) is 0 Å². The fraction of sp³-hybridized carbons (Fsp3) is 0.667. The molecule has 1 aliphatic carbocycles. The van der Waals surface area contributed by atoms with Gasteiger partial charge in [0.2, 0.25) is 5.91 Å². The minimum Gasteiger partial charge on any atom is -0.346 e. The molecule has 1 aliphatic heterocycles. The van der Waals surface area contributed by atoms with Crippen LogP contribution in [0, 0.1) is 17.3 Å². The quantitative estimate of drug-likeness (QED) is 0.795. The summed E-state index contributed by atoms with van der Waals surface area (Å²) in [6, 6.07) is 0. The monoisotopic (exact) mass is 333 g/mol. The first-order chi connectivity index (χ1) is 10.9. The third kappa shape index (κ3) is 3.30. The molecule has 2 fully saturated rings. The molecule has 2 atom stereocenters. The van der Waals surface area contributed by atoms with Gasteiger partial charge in [-0.3, -0.25) is 4.79 Å². The molecular formula is C18H27N3OS. The van der Waals surface area contributed by atoms with Crippen LogP contribution in [0.2, 0.25) is 0 Å². The first-order valence-corrected chi connectivity index (χ1v) is 9.37. The average molecular weight is 334 g/mol. The third-order valence-electron chi connectivity index (χ3n) is 5.19. The Morgan fingerprint density at radius 2 is 2.09 bits per heavy atom. The van der Waals surface area contributed by atoms with Crippen molar-refractivity contribution in [2.24, 2.45) is 17.3 Å². The minimum atomic E-state index is 0.107. The SMILES string of the molecule is CC(C)=CC1C(C(=O)N2CCCN(c3nccs3)CC2)C1(C)C. The van der Waals surface area contributed by atoms with Gasteiger partial charge in [-0.2, -0.15) is 0 Å². The van der Waals surface area contributed by atoms with Crippen molar-refractivity contribution in [1.29, 1.82) is 0 Å². The van der Waals surface area contributed by atoms with E-state index in [1.54, 1.807) is 11.3 Å². The highest BCUT2D eigenvalue weighted by Crippen LogP contribution is 2.60. The molecule has 2 heterocycles. The predicted molar refractivity (Wildman–Crippen MR) is 95.7 cm³/mol. The van der Waals surface area contributed by atoms with E-state index in [0.29, 0.717) is 11.8 Å². The number of nitrogens with zero attached hydrogens (tertiary/aromatic N) is 3. The van der Waals surface area contributed by atoms with E-state index in [4.69, 9.17) is 0 Å². The van der Waals surface area contributed by atoms with Crippen molar-refractivity contribution in [3.63, 3.8) is 0 Å². The molecule has 1 saturated carbocycles. The zero-order valence-corrected chi connectivity index (χ0v) is 15.4. The van der Waals surface area contributed by atoms with Gasteiger partial charge in [0, 0.05) is 37.8 Å². The Labute approximate surface area is 143 Å². The normalized spacial score (nSPS) is 26.6. The van der Waals surface area contributed by atoms with Gasteiger partial charge in [-0.1, -0.05) is 25.5 Å². The number of carbonyl (C=O) groups is 1. The van der Waals surface area contributed by atoms with Crippen molar-refractivity contribution in [1.82, 2.24) is 9.88 Å². The predicted octanol–water partition coefficient (Wildman–Crippen LogP) is 3.42. The Hall–Kier alpha value is -1.36. The molecule has 2 unspecified atom stereocenters. The molecule has 23 heavy (non-hydrogen) atoms. The zero-order chi connectivity index (χ0) is 16.6. The number of rotatable bonds is 3. The lowest BCUT2D eigenvalue weighted by Crippen LogP contribution is -2.37. The highest BCUT2D eigenvalue weighted by atomic mass is 32.1. The summed E-state index contributed by atoms with van der Waals surface area (Å²) in [6.07, 6.45) is 5.15. The van der Waals surface area contributed by atoms with Crippen molar-refractivity contribution < 1.29 is 4.79 Å². The van der Waals surface area contributed by atoms with Gasteiger partial charge in [-0.05, 0) is 31.6 Å². The molecule has 0 aromatic carbocycles. The summed E-state index contributed by atoms with van der Waals surface area (Å²) in [5.74, 6) is 0.903. The number of hydrogen-bond acceptors (Lipinski definition) is 4. The highest BCUT2D eigenvalue weighted by Gasteiger charge is 2.61. The first kappa shape index (κ1) is 16.5. The number of anilines is 1. The maximum absolute atomic E-state index is 13.0. The Bertz CT molecular complexity index is 589. The zero-order valence-electron chi connectivity index (χ0n) is 14.6. The van der Waals surface area contributed by atoms with Crippen LogP contribution in [0.5, 0.6) is 0 Å². The van der Waals surface area contributed by atoms with Crippen LogP contribution in [-0.2, 0) is 4.79 Å². The van der Waals surface area contributed by atoms with Crippen LogP contribution in [0.25, 0.3) is 0 Å². The molecule has 1 saturated heterocycles. The van der Waals surface area contributed by atoms with Crippen LogP contribution in [0.15, 0.2) is 23.2 Å². The van der Waals surface area contributed by atoms with Gasteiger partial charge in [0.25, 0.3) is 0 Å². The lowest BCUT2D eigenvalue weighted by atomic mass is 10.1. The van der Waals surface area contributed by atoms with E-state index < -0.39 is 0 Å². The number of hydrogen-bond donors (Lipinski definition) is 0. The molecule has 1 aromatic heterocycles. The van der Waals surface area contributed by atoms with Gasteiger partial charge in [0.1, 0.15) is 0 Å². The molecule has 126 valence electrons. The largest absolute Gasteiger partial charge is 0.346 e. The Morgan fingerprint density at radius 1 is 1.30 bits per heavy atom. The molecule has 5 heteroatoms.